The van der Waals surface area contributed by atoms with Crippen LogP contribution < -0.4 is 15.2 Å². The lowest BCUT2D eigenvalue weighted by atomic mass is 10.00. The van der Waals surface area contributed by atoms with E-state index in [4.69, 9.17) is 38.4 Å². The average molecular weight is 393 g/mol. The number of aromatic nitrogens is 1. The van der Waals surface area contributed by atoms with Crippen LogP contribution in [0.15, 0.2) is 30.3 Å². The van der Waals surface area contributed by atoms with Gasteiger partial charge < -0.3 is 20.2 Å². The normalized spacial score (nSPS) is 11.1. The van der Waals surface area contributed by atoms with Gasteiger partial charge in [-0.05, 0) is 55.6 Å². The SMILES string of the molecule is COc1ccc(-c2[nH]c3c(Cl)c(Cl)ccc3c2CCCCN)cc1OC. The van der Waals surface area contributed by atoms with Crippen LogP contribution in [-0.2, 0) is 6.42 Å². The lowest BCUT2D eigenvalue weighted by Crippen LogP contribution is -1.99. The Balaban J connectivity index is 2.17. The molecule has 0 aliphatic carbocycles. The second-order valence-corrected chi connectivity index (χ2v) is 6.86. The second-order valence-electron chi connectivity index (χ2n) is 6.08. The van der Waals surface area contributed by atoms with Crippen LogP contribution in [-0.4, -0.2) is 25.7 Å². The Hall–Kier alpha value is -1.88. The predicted octanol–water partition coefficient (Wildman–Crippen LogP) is 5.44. The first-order valence-electron chi connectivity index (χ1n) is 8.51. The molecule has 0 bridgehead atoms. The smallest absolute Gasteiger partial charge is 0.161 e. The molecule has 6 heteroatoms. The number of nitrogens with one attached hydrogen (secondary N) is 1. The highest BCUT2D eigenvalue weighted by atomic mass is 35.5. The van der Waals surface area contributed by atoms with Gasteiger partial charge in [-0.2, -0.15) is 0 Å². The van der Waals surface area contributed by atoms with Crippen molar-refractivity contribution in [3.63, 3.8) is 0 Å². The summed E-state index contributed by atoms with van der Waals surface area (Å²) in [6.07, 6.45) is 2.88. The van der Waals surface area contributed by atoms with Crippen molar-refractivity contribution >= 4 is 34.1 Å². The number of halogens is 2. The highest BCUT2D eigenvalue weighted by Crippen LogP contribution is 2.40. The number of hydrogen-bond donors (Lipinski definition) is 2. The fourth-order valence-corrected chi connectivity index (χ4v) is 3.57. The van der Waals surface area contributed by atoms with Crippen molar-refractivity contribution in [1.82, 2.24) is 4.98 Å². The van der Waals surface area contributed by atoms with Gasteiger partial charge in [-0.3, -0.25) is 0 Å². The molecule has 3 rings (SSSR count). The minimum Gasteiger partial charge on any atom is -0.493 e. The number of unbranched alkanes of at least 4 members (excludes halogenated alkanes) is 1. The first-order valence-corrected chi connectivity index (χ1v) is 9.27. The van der Waals surface area contributed by atoms with E-state index in [0.29, 0.717) is 28.1 Å². The molecule has 0 saturated heterocycles. The Morgan fingerprint density at radius 1 is 1.00 bits per heavy atom. The topological polar surface area (TPSA) is 60.3 Å². The van der Waals surface area contributed by atoms with Gasteiger partial charge in [0, 0.05) is 16.6 Å². The van der Waals surface area contributed by atoms with Gasteiger partial charge in [-0.1, -0.05) is 29.3 Å². The Morgan fingerprint density at radius 2 is 1.77 bits per heavy atom. The van der Waals surface area contributed by atoms with Crippen LogP contribution in [0.1, 0.15) is 18.4 Å². The summed E-state index contributed by atoms with van der Waals surface area (Å²) in [4.78, 5) is 3.46. The van der Waals surface area contributed by atoms with Crippen molar-refractivity contribution in [3.8, 4) is 22.8 Å². The maximum Gasteiger partial charge on any atom is 0.161 e. The number of H-pyrrole nitrogens is 1. The third-order valence-electron chi connectivity index (χ3n) is 4.52. The number of rotatable bonds is 7. The van der Waals surface area contributed by atoms with Gasteiger partial charge in [0.1, 0.15) is 0 Å². The van der Waals surface area contributed by atoms with E-state index in [1.807, 2.05) is 30.3 Å². The maximum atomic E-state index is 6.44. The van der Waals surface area contributed by atoms with E-state index < -0.39 is 0 Å². The second kappa shape index (κ2) is 8.21. The Kier molecular flexibility index (Phi) is 5.97. The molecule has 0 fully saturated rings. The van der Waals surface area contributed by atoms with Gasteiger partial charge in [0.15, 0.2) is 11.5 Å². The van der Waals surface area contributed by atoms with E-state index in [-0.39, 0.29) is 0 Å². The van der Waals surface area contributed by atoms with Crippen LogP contribution in [0.3, 0.4) is 0 Å². The van der Waals surface area contributed by atoms with Crippen molar-refractivity contribution in [2.75, 3.05) is 20.8 Å². The zero-order chi connectivity index (χ0) is 18.7. The number of nitrogens with two attached hydrogens (primary N) is 1. The fraction of sp³-hybridized carbons (Fsp3) is 0.300. The predicted molar refractivity (Wildman–Crippen MR) is 109 cm³/mol. The van der Waals surface area contributed by atoms with E-state index in [1.165, 1.54) is 5.56 Å². The first-order chi connectivity index (χ1) is 12.6. The molecular weight excluding hydrogens is 371 g/mol. The molecule has 0 atom stereocenters. The van der Waals surface area contributed by atoms with E-state index in [1.54, 1.807) is 14.2 Å². The van der Waals surface area contributed by atoms with Crippen molar-refractivity contribution in [2.24, 2.45) is 5.73 Å². The molecule has 1 heterocycles. The zero-order valence-electron chi connectivity index (χ0n) is 14.9. The lowest BCUT2D eigenvalue weighted by Gasteiger charge is -2.10. The van der Waals surface area contributed by atoms with Crippen molar-refractivity contribution < 1.29 is 9.47 Å². The summed E-state index contributed by atoms with van der Waals surface area (Å²) < 4.78 is 10.8. The maximum absolute atomic E-state index is 6.44. The van der Waals surface area contributed by atoms with Crippen LogP contribution in [0.4, 0.5) is 0 Å². The summed E-state index contributed by atoms with van der Waals surface area (Å²) in [5, 5.41) is 2.16. The molecule has 0 radical (unpaired) electrons. The molecule has 0 spiro atoms. The first kappa shape index (κ1) is 18.9. The molecule has 3 aromatic rings. The van der Waals surface area contributed by atoms with Crippen LogP contribution in [0.5, 0.6) is 11.5 Å². The monoisotopic (exact) mass is 392 g/mol. The van der Waals surface area contributed by atoms with Crippen LogP contribution >= 0.6 is 23.2 Å². The highest BCUT2D eigenvalue weighted by molar-refractivity contribution is 6.45. The average Bonchev–Trinajstić information content (AvgIpc) is 3.03. The third-order valence-corrected chi connectivity index (χ3v) is 5.33. The highest BCUT2D eigenvalue weighted by Gasteiger charge is 2.17. The molecule has 0 aliphatic rings. The van der Waals surface area contributed by atoms with Crippen molar-refractivity contribution in [3.05, 3.63) is 45.9 Å². The Labute approximate surface area is 163 Å². The summed E-state index contributed by atoms with van der Waals surface area (Å²) in [5.74, 6) is 1.37. The molecule has 0 saturated carbocycles. The summed E-state index contributed by atoms with van der Waals surface area (Å²) in [6.45, 7) is 0.681. The van der Waals surface area contributed by atoms with Gasteiger partial charge in [-0.15, -0.1) is 0 Å². The number of methoxy groups -OCH3 is 2. The van der Waals surface area contributed by atoms with E-state index >= 15 is 0 Å². The number of aryl methyl sites for hydroxylation is 1. The molecule has 4 nitrogen and oxygen atoms in total. The minimum absolute atomic E-state index is 0.535. The molecule has 26 heavy (non-hydrogen) atoms. The Morgan fingerprint density at radius 3 is 2.46 bits per heavy atom. The van der Waals surface area contributed by atoms with E-state index in [9.17, 15) is 0 Å². The molecule has 138 valence electrons. The minimum atomic E-state index is 0.535. The fourth-order valence-electron chi connectivity index (χ4n) is 3.20. The molecule has 3 N–H and O–H groups in total. The van der Waals surface area contributed by atoms with Crippen LogP contribution in [0.25, 0.3) is 22.2 Å². The number of ether oxygens (including phenoxy) is 2. The van der Waals surface area contributed by atoms with Crippen molar-refractivity contribution in [1.29, 1.82) is 0 Å². The van der Waals surface area contributed by atoms with Crippen LogP contribution in [0.2, 0.25) is 10.0 Å². The Bertz CT molecular complexity index is 922. The van der Waals surface area contributed by atoms with Gasteiger partial charge in [0.05, 0.1) is 29.8 Å². The molecular formula is C20H22Cl2N2O2. The van der Waals surface area contributed by atoms with E-state index in [2.05, 4.69) is 4.98 Å². The zero-order valence-corrected chi connectivity index (χ0v) is 16.4. The van der Waals surface area contributed by atoms with Gasteiger partial charge in [0.2, 0.25) is 0 Å². The summed E-state index contributed by atoms with van der Waals surface area (Å²) in [7, 11) is 3.26. The summed E-state index contributed by atoms with van der Waals surface area (Å²) >= 11 is 12.6. The molecule has 2 aromatic carbocycles. The third kappa shape index (κ3) is 3.50. The number of benzene rings is 2. The quantitative estimate of drug-likeness (QED) is 0.526. The molecule has 0 aliphatic heterocycles. The standard InChI is InChI=1S/C20H22Cl2N2O2/c1-25-16-9-6-12(11-17(16)26-2)19-13(5-3-4-10-23)14-7-8-15(21)18(22)20(14)24-19/h6-9,11,24H,3-5,10,23H2,1-2H3. The largest absolute Gasteiger partial charge is 0.493 e. The molecule has 0 amide bonds. The van der Waals surface area contributed by atoms with Gasteiger partial charge in [-0.25, -0.2) is 0 Å². The van der Waals surface area contributed by atoms with Gasteiger partial charge in [0.25, 0.3) is 0 Å². The summed E-state index contributed by atoms with van der Waals surface area (Å²) in [6, 6.07) is 9.73. The molecule has 1 aromatic heterocycles. The van der Waals surface area contributed by atoms with Gasteiger partial charge >= 0.3 is 0 Å². The van der Waals surface area contributed by atoms with Crippen molar-refractivity contribution in [2.45, 2.75) is 19.3 Å². The number of aromatic amines is 1. The number of hydrogen-bond acceptors (Lipinski definition) is 3. The number of fused-ring (bicyclic) bond motifs is 1. The van der Waals surface area contributed by atoms with Crippen LogP contribution in [0, 0.1) is 0 Å². The summed E-state index contributed by atoms with van der Waals surface area (Å²) in [5.41, 5.74) is 9.75. The lowest BCUT2D eigenvalue weighted by molar-refractivity contribution is 0.355. The molecule has 0 unspecified atom stereocenters. The van der Waals surface area contributed by atoms with E-state index in [0.717, 1.165) is 41.4 Å².